The van der Waals surface area contributed by atoms with Crippen LogP contribution in [0.15, 0.2) is 6.20 Å². The third-order valence-corrected chi connectivity index (χ3v) is 4.91. The molecule has 0 radical (unpaired) electrons. The SMILES string of the molecule is CCOC1(C(N)c2c(OC)cnn2C)CCC(C)(C)CC1. The Balaban J connectivity index is 2.32. The average Bonchev–Trinajstić information content (AvgIpc) is 2.82. The highest BCUT2D eigenvalue weighted by Gasteiger charge is 2.45. The molecule has 0 aliphatic heterocycles. The van der Waals surface area contributed by atoms with Gasteiger partial charge in [-0.3, -0.25) is 4.68 Å². The van der Waals surface area contributed by atoms with E-state index in [-0.39, 0.29) is 11.6 Å². The number of hydrogen-bond acceptors (Lipinski definition) is 4. The first kappa shape index (κ1) is 16.3. The summed E-state index contributed by atoms with van der Waals surface area (Å²) in [4.78, 5) is 0. The van der Waals surface area contributed by atoms with E-state index in [2.05, 4.69) is 18.9 Å². The summed E-state index contributed by atoms with van der Waals surface area (Å²) < 4.78 is 13.4. The summed E-state index contributed by atoms with van der Waals surface area (Å²) in [6.45, 7) is 7.35. The second-order valence-corrected chi connectivity index (χ2v) is 6.86. The minimum atomic E-state index is -0.314. The molecule has 1 atom stereocenters. The maximum absolute atomic E-state index is 6.64. The van der Waals surface area contributed by atoms with Gasteiger partial charge in [-0.25, -0.2) is 0 Å². The molecule has 0 bridgehead atoms. The molecule has 0 aromatic carbocycles. The Hall–Kier alpha value is -1.07. The zero-order valence-corrected chi connectivity index (χ0v) is 14.0. The lowest BCUT2D eigenvalue weighted by molar-refractivity contribution is -0.102. The molecule has 1 aliphatic carbocycles. The van der Waals surface area contributed by atoms with Crippen molar-refractivity contribution in [2.45, 2.75) is 58.1 Å². The number of nitrogens with zero attached hydrogens (tertiary/aromatic N) is 2. The molecule has 5 heteroatoms. The highest BCUT2D eigenvalue weighted by molar-refractivity contribution is 5.30. The lowest BCUT2D eigenvalue weighted by atomic mass is 9.68. The van der Waals surface area contributed by atoms with Gasteiger partial charge < -0.3 is 15.2 Å². The van der Waals surface area contributed by atoms with Crippen molar-refractivity contribution in [2.75, 3.05) is 13.7 Å². The summed E-state index contributed by atoms with van der Waals surface area (Å²) in [6.07, 6.45) is 5.93. The zero-order valence-electron chi connectivity index (χ0n) is 14.0. The van der Waals surface area contributed by atoms with Gasteiger partial charge in [0.05, 0.1) is 30.6 Å². The van der Waals surface area contributed by atoms with E-state index in [0.717, 1.165) is 37.1 Å². The summed E-state index contributed by atoms with van der Waals surface area (Å²) in [5.74, 6) is 0.744. The lowest BCUT2D eigenvalue weighted by Gasteiger charge is -2.46. The van der Waals surface area contributed by atoms with Crippen molar-refractivity contribution in [3.63, 3.8) is 0 Å². The van der Waals surface area contributed by atoms with Crippen molar-refractivity contribution >= 4 is 0 Å². The number of aryl methyl sites for hydroxylation is 1. The average molecular weight is 295 g/mol. The Kier molecular flexibility index (Phi) is 4.63. The van der Waals surface area contributed by atoms with Crippen LogP contribution in [0.25, 0.3) is 0 Å². The molecule has 21 heavy (non-hydrogen) atoms. The Morgan fingerprint density at radius 2 is 1.95 bits per heavy atom. The van der Waals surface area contributed by atoms with Crippen LogP contribution < -0.4 is 10.5 Å². The van der Waals surface area contributed by atoms with Crippen LogP contribution in [0.2, 0.25) is 0 Å². The quantitative estimate of drug-likeness (QED) is 0.907. The summed E-state index contributed by atoms with van der Waals surface area (Å²) in [6, 6.07) is -0.226. The van der Waals surface area contributed by atoms with E-state index < -0.39 is 0 Å². The molecule has 120 valence electrons. The monoisotopic (exact) mass is 295 g/mol. The standard InChI is InChI=1S/C16H29N3O2/c1-6-21-16(9-7-15(2,3)8-10-16)14(17)13-12(20-5)11-18-19(13)4/h11,14H,6-10,17H2,1-5H3. The Labute approximate surface area is 127 Å². The molecule has 2 rings (SSSR count). The van der Waals surface area contributed by atoms with Crippen molar-refractivity contribution in [3.8, 4) is 5.75 Å². The van der Waals surface area contributed by atoms with Crippen LogP contribution in [0.1, 0.15) is 58.2 Å². The molecular formula is C16H29N3O2. The van der Waals surface area contributed by atoms with Crippen LogP contribution in [-0.4, -0.2) is 29.1 Å². The normalized spacial score (nSPS) is 22.0. The van der Waals surface area contributed by atoms with E-state index in [0.29, 0.717) is 12.0 Å². The zero-order chi connectivity index (χ0) is 15.7. The predicted octanol–water partition coefficient (Wildman–Crippen LogP) is 2.80. The minimum Gasteiger partial charge on any atom is -0.493 e. The molecule has 1 heterocycles. The molecular weight excluding hydrogens is 266 g/mol. The fourth-order valence-corrected chi connectivity index (χ4v) is 3.37. The molecule has 1 aromatic rings. The van der Waals surface area contributed by atoms with E-state index >= 15 is 0 Å². The summed E-state index contributed by atoms with van der Waals surface area (Å²) in [5.41, 5.74) is 7.61. The Morgan fingerprint density at radius 3 is 2.48 bits per heavy atom. The number of rotatable bonds is 5. The van der Waals surface area contributed by atoms with Crippen LogP contribution in [0.5, 0.6) is 5.75 Å². The summed E-state index contributed by atoms with van der Waals surface area (Å²) in [5, 5.41) is 4.28. The second-order valence-electron chi connectivity index (χ2n) is 6.86. The summed E-state index contributed by atoms with van der Waals surface area (Å²) in [7, 11) is 3.56. The number of ether oxygens (including phenoxy) is 2. The first-order valence-corrected chi connectivity index (χ1v) is 7.80. The van der Waals surface area contributed by atoms with E-state index in [1.165, 1.54) is 0 Å². The van der Waals surface area contributed by atoms with Gasteiger partial charge in [-0.05, 0) is 38.0 Å². The van der Waals surface area contributed by atoms with Crippen LogP contribution in [0, 0.1) is 5.41 Å². The molecule has 1 aliphatic rings. The van der Waals surface area contributed by atoms with Gasteiger partial charge in [0, 0.05) is 13.7 Å². The van der Waals surface area contributed by atoms with Crippen LogP contribution >= 0.6 is 0 Å². The van der Waals surface area contributed by atoms with Gasteiger partial charge >= 0.3 is 0 Å². The topological polar surface area (TPSA) is 62.3 Å². The van der Waals surface area contributed by atoms with Crippen LogP contribution in [0.3, 0.4) is 0 Å². The molecule has 1 aromatic heterocycles. The fraction of sp³-hybridized carbons (Fsp3) is 0.812. The molecule has 0 saturated heterocycles. The Morgan fingerprint density at radius 1 is 1.33 bits per heavy atom. The van der Waals surface area contributed by atoms with Gasteiger partial charge in [0.25, 0.3) is 0 Å². The van der Waals surface area contributed by atoms with Gasteiger partial charge in [-0.1, -0.05) is 13.8 Å². The van der Waals surface area contributed by atoms with Gasteiger partial charge in [-0.15, -0.1) is 0 Å². The van der Waals surface area contributed by atoms with E-state index in [1.54, 1.807) is 13.3 Å². The number of aromatic nitrogens is 2. The molecule has 0 amide bonds. The van der Waals surface area contributed by atoms with Gasteiger partial charge in [0.2, 0.25) is 0 Å². The third kappa shape index (κ3) is 3.09. The maximum atomic E-state index is 6.64. The lowest BCUT2D eigenvalue weighted by Crippen LogP contribution is -2.48. The maximum Gasteiger partial charge on any atom is 0.161 e. The van der Waals surface area contributed by atoms with Crippen molar-refractivity contribution in [1.29, 1.82) is 0 Å². The van der Waals surface area contributed by atoms with Gasteiger partial charge in [0.15, 0.2) is 5.75 Å². The third-order valence-electron chi connectivity index (χ3n) is 4.91. The molecule has 1 unspecified atom stereocenters. The van der Waals surface area contributed by atoms with E-state index in [1.807, 2.05) is 18.7 Å². The highest BCUT2D eigenvalue weighted by atomic mass is 16.5. The number of nitrogens with two attached hydrogens (primary N) is 1. The van der Waals surface area contributed by atoms with Crippen LogP contribution in [-0.2, 0) is 11.8 Å². The second kappa shape index (κ2) is 5.97. The molecule has 5 nitrogen and oxygen atoms in total. The van der Waals surface area contributed by atoms with Crippen molar-refractivity contribution in [2.24, 2.45) is 18.2 Å². The summed E-state index contributed by atoms with van der Waals surface area (Å²) >= 11 is 0. The number of hydrogen-bond donors (Lipinski definition) is 1. The molecule has 0 spiro atoms. The molecule has 1 fully saturated rings. The van der Waals surface area contributed by atoms with Crippen molar-refractivity contribution in [3.05, 3.63) is 11.9 Å². The van der Waals surface area contributed by atoms with Crippen molar-refractivity contribution in [1.82, 2.24) is 9.78 Å². The minimum absolute atomic E-state index is 0.226. The first-order chi connectivity index (χ1) is 9.85. The smallest absolute Gasteiger partial charge is 0.161 e. The predicted molar refractivity (Wildman–Crippen MR) is 83.3 cm³/mol. The fourth-order valence-electron chi connectivity index (χ4n) is 3.37. The Bertz CT molecular complexity index is 472. The highest BCUT2D eigenvalue weighted by Crippen LogP contribution is 2.47. The van der Waals surface area contributed by atoms with E-state index in [9.17, 15) is 0 Å². The molecule has 1 saturated carbocycles. The largest absolute Gasteiger partial charge is 0.493 e. The number of methoxy groups -OCH3 is 1. The van der Waals surface area contributed by atoms with Gasteiger partial charge in [-0.2, -0.15) is 5.10 Å². The van der Waals surface area contributed by atoms with E-state index in [4.69, 9.17) is 15.2 Å². The van der Waals surface area contributed by atoms with Gasteiger partial charge in [0.1, 0.15) is 0 Å². The molecule has 2 N–H and O–H groups in total. The first-order valence-electron chi connectivity index (χ1n) is 7.80. The van der Waals surface area contributed by atoms with Crippen molar-refractivity contribution < 1.29 is 9.47 Å². The van der Waals surface area contributed by atoms with Crippen LogP contribution in [0.4, 0.5) is 0 Å².